The average molecular weight is 545 g/mol. The normalized spacial score (nSPS) is 22.8. The number of thiazole rings is 1. The number of hydrogen-bond donors (Lipinski definition) is 2. The Morgan fingerprint density at radius 1 is 1.16 bits per heavy atom. The number of amides is 1. The van der Waals surface area contributed by atoms with E-state index >= 15 is 8.78 Å². The average Bonchev–Trinajstić information content (AvgIpc) is 3.28. The molecule has 1 aromatic carbocycles. The van der Waals surface area contributed by atoms with E-state index in [9.17, 15) is 23.1 Å². The molecule has 5 rings (SSSR count). The molecule has 37 heavy (non-hydrogen) atoms. The Labute approximate surface area is 215 Å². The molecule has 0 aliphatic carbocycles. The fraction of sp³-hybridized carbons (Fsp3) is 0.600. The SMILES string of the molecule is CCC1(CO)CN(c2nc(C(=O)Nc3cc(F)c(N4C5CCCC4CC5)c(F)c3)c(CC(F)(F)F)s2)C1. The molecule has 4 heterocycles. The van der Waals surface area contributed by atoms with E-state index in [1.54, 1.807) is 4.90 Å². The van der Waals surface area contributed by atoms with Crippen LogP contribution in [-0.2, 0) is 6.42 Å². The van der Waals surface area contributed by atoms with Crippen LogP contribution in [0.15, 0.2) is 12.1 Å². The molecule has 202 valence electrons. The summed E-state index contributed by atoms with van der Waals surface area (Å²) in [5.74, 6) is -2.59. The van der Waals surface area contributed by atoms with E-state index in [2.05, 4.69) is 10.3 Å². The van der Waals surface area contributed by atoms with Crippen molar-refractivity contribution in [2.75, 3.05) is 34.8 Å². The van der Waals surface area contributed by atoms with Gasteiger partial charge in [0.05, 0.1) is 13.0 Å². The van der Waals surface area contributed by atoms with Crippen LogP contribution in [-0.4, -0.2) is 54.0 Å². The molecule has 0 radical (unpaired) electrons. The van der Waals surface area contributed by atoms with Crippen molar-refractivity contribution in [2.24, 2.45) is 5.41 Å². The van der Waals surface area contributed by atoms with Gasteiger partial charge in [0.2, 0.25) is 0 Å². The molecule has 2 N–H and O–H groups in total. The minimum atomic E-state index is -4.57. The highest BCUT2D eigenvalue weighted by Crippen LogP contribution is 2.43. The third-order valence-electron chi connectivity index (χ3n) is 7.90. The summed E-state index contributed by atoms with van der Waals surface area (Å²) in [5.41, 5.74) is -1.06. The van der Waals surface area contributed by atoms with Crippen LogP contribution >= 0.6 is 11.3 Å². The van der Waals surface area contributed by atoms with Crippen LogP contribution < -0.4 is 15.1 Å². The predicted octanol–water partition coefficient (Wildman–Crippen LogP) is 5.51. The Morgan fingerprint density at radius 2 is 1.78 bits per heavy atom. The first kappa shape index (κ1) is 26.1. The van der Waals surface area contributed by atoms with E-state index < -0.39 is 35.8 Å². The highest BCUT2D eigenvalue weighted by atomic mass is 32.1. The number of carbonyl (C=O) groups is 1. The lowest BCUT2D eigenvalue weighted by Gasteiger charge is -2.48. The van der Waals surface area contributed by atoms with Crippen LogP contribution in [0.5, 0.6) is 0 Å². The number of nitrogens with zero attached hydrogens (tertiary/aromatic N) is 3. The number of rotatable bonds is 7. The zero-order chi connectivity index (χ0) is 26.5. The fourth-order valence-electron chi connectivity index (χ4n) is 5.84. The van der Waals surface area contributed by atoms with Gasteiger partial charge >= 0.3 is 6.18 Å². The van der Waals surface area contributed by atoms with Gasteiger partial charge in [0.15, 0.2) is 16.8 Å². The number of anilines is 3. The summed E-state index contributed by atoms with van der Waals surface area (Å²) in [6.45, 7) is 2.69. The second-order valence-electron chi connectivity index (χ2n) is 10.4. The number of piperidine rings is 1. The number of fused-ring (bicyclic) bond motifs is 2. The van der Waals surface area contributed by atoms with Gasteiger partial charge in [0.25, 0.3) is 5.91 Å². The number of hydrogen-bond acceptors (Lipinski definition) is 6. The summed E-state index contributed by atoms with van der Waals surface area (Å²) < 4.78 is 69.9. The molecule has 0 spiro atoms. The summed E-state index contributed by atoms with van der Waals surface area (Å²) in [7, 11) is 0. The van der Waals surface area contributed by atoms with Gasteiger partial charge in [-0.2, -0.15) is 13.2 Å². The van der Waals surface area contributed by atoms with Crippen LogP contribution in [0.2, 0.25) is 0 Å². The topological polar surface area (TPSA) is 68.7 Å². The number of halogens is 5. The molecule has 3 aliphatic rings. The third-order valence-corrected chi connectivity index (χ3v) is 9.01. The minimum absolute atomic E-state index is 0.0554. The van der Waals surface area contributed by atoms with Crippen LogP contribution in [0.3, 0.4) is 0 Å². The molecule has 12 heteroatoms. The maximum atomic E-state index is 15.1. The molecule has 1 aromatic heterocycles. The molecule has 2 bridgehead atoms. The van der Waals surface area contributed by atoms with Gasteiger partial charge in [0.1, 0.15) is 11.4 Å². The lowest BCUT2D eigenvalue weighted by atomic mass is 9.78. The van der Waals surface area contributed by atoms with Crippen molar-refractivity contribution in [3.8, 4) is 0 Å². The number of alkyl halides is 3. The van der Waals surface area contributed by atoms with E-state index in [0.717, 1.165) is 55.6 Å². The minimum Gasteiger partial charge on any atom is -0.396 e. The standard InChI is InChI=1S/C25H29F5N4O2S/c1-2-24(13-35)11-33(12-24)23-32-20(19(37-23)10-25(28,29)30)22(36)31-14-8-17(26)21(18(27)9-14)34-15-4-3-5-16(34)7-6-15/h8-9,15-16,35H,2-7,10-13H2,1H3,(H,31,36). The molecule has 0 saturated carbocycles. The molecule has 1 amide bonds. The van der Waals surface area contributed by atoms with Crippen molar-refractivity contribution in [3.05, 3.63) is 34.3 Å². The fourth-order valence-corrected chi connectivity index (χ4v) is 6.93. The lowest BCUT2D eigenvalue weighted by Crippen LogP contribution is -2.58. The van der Waals surface area contributed by atoms with Gasteiger partial charge in [0, 0.05) is 41.2 Å². The summed E-state index contributed by atoms with van der Waals surface area (Å²) in [5, 5.41) is 12.2. The van der Waals surface area contributed by atoms with E-state index in [1.807, 2.05) is 11.8 Å². The van der Waals surface area contributed by atoms with Crippen molar-refractivity contribution in [1.82, 2.24) is 4.98 Å². The maximum Gasteiger partial charge on any atom is 0.393 e. The Balaban J connectivity index is 1.38. The Bertz CT molecular complexity index is 1140. The molecular formula is C25H29F5N4O2S. The third kappa shape index (κ3) is 5.01. The smallest absolute Gasteiger partial charge is 0.393 e. The zero-order valence-corrected chi connectivity index (χ0v) is 21.2. The first-order valence-corrected chi connectivity index (χ1v) is 13.3. The number of aliphatic hydroxyl groups excluding tert-OH is 1. The Kier molecular flexibility index (Phi) is 6.84. The first-order chi connectivity index (χ1) is 17.5. The first-order valence-electron chi connectivity index (χ1n) is 12.5. The largest absolute Gasteiger partial charge is 0.396 e. The van der Waals surface area contributed by atoms with Crippen LogP contribution in [0.4, 0.5) is 38.5 Å². The monoisotopic (exact) mass is 544 g/mol. The predicted molar refractivity (Wildman–Crippen MR) is 131 cm³/mol. The van der Waals surface area contributed by atoms with Crippen LogP contribution in [0, 0.1) is 17.0 Å². The van der Waals surface area contributed by atoms with Crippen molar-refractivity contribution < 1.29 is 31.9 Å². The number of aliphatic hydroxyl groups is 1. The highest BCUT2D eigenvalue weighted by molar-refractivity contribution is 7.16. The van der Waals surface area contributed by atoms with Gasteiger partial charge in [-0.15, -0.1) is 11.3 Å². The summed E-state index contributed by atoms with van der Waals surface area (Å²) in [4.78, 5) is 20.4. The summed E-state index contributed by atoms with van der Waals surface area (Å²) in [6, 6.07) is 2.18. The van der Waals surface area contributed by atoms with Crippen molar-refractivity contribution in [2.45, 2.75) is 70.1 Å². The second-order valence-corrected chi connectivity index (χ2v) is 11.5. The van der Waals surface area contributed by atoms with Crippen molar-refractivity contribution in [3.63, 3.8) is 0 Å². The van der Waals surface area contributed by atoms with E-state index in [1.165, 1.54) is 0 Å². The molecule has 3 saturated heterocycles. The van der Waals surface area contributed by atoms with Crippen LogP contribution in [0.25, 0.3) is 0 Å². The molecule has 3 aliphatic heterocycles. The summed E-state index contributed by atoms with van der Waals surface area (Å²) in [6.07, 6.45) is -0.696. The second kappa shape index (κ2) is 9.68. The molecule has 3 fully saturated rings. The molecule has 6 nitrogen and oxygen atoms in total. The summed E-state index contributed by atoms with van der Waals surface area (Å²) >= 11 is 0.763. The number of nitrogens with one attached hydrogen (secondary N) is 1. The van der Waals surface area contributed by atoms with Gasteiger partial charge in [-0.1, -0.05) is 6.92 Å². The number of carbonyl (C=O) groups excluding carboxylic acids is 1. The van der Waals surface area contributed by atoms with Gasteiger partial charge in [-0.25, -0.2) is 13.8 Å². The van der Waals surface area contributed by atoms with E-state index in [0.29, 0.717) is 19.5 Å². The van der Waals surface area contributed by atoms with Gasteiger partial charge in [-0.3, -0.25) is 4.79 Å². The van der Waals surface area contributed by atoms with Crippen molar-refractivity contribution >= 4 is 33.8 Å². The quantitative estimate of drug-likeness (QED) is 0.450. The highest BCUT2D eigenvalue weighted by Gasteiger charge is 2.43. The van der Waals surface area contributed by atoms with Gasteiger partial charge < -0.3 is 20.2 Å². The maximum absolute atomic E-state index is 15.1. The molecule has 2 aromatic rings. The molecule has 2 unspecified atom stereocenters. The van der Waals surface area contributed by atoms with Gasteiger partial charge in [-0.05, 0) is 50.7 Å². The zero-order valence-electron chi connectivity index (χ0n) is 20.4. The Morgan fingerprint density at radius 3 is 2.32 bits per heavy atom. The molecular weight excluding hydrogens is 515 g/mol. The molecule has 2 atom stereocenters. The Hall–Kier alpha value is -2.47. The number of benzene rings is 1. The van der Waals surface area contributed by atoms with Crippen LogP contribution in [0.1, 0.15) is 60.8 Å². The lowest BCUT2D eigenvalue weighted by molar-refractivity contribution is -0.126. The van der Waals surface area contributed by atoms with E-state index in [4.69, 9.17) is 0 Å². The number of aromatic nitrogens is 1. The van der Waals surface area contributed by atoms with E-state index in [-0.39, 0.29) is 45.5 Å². The van der Waals surface area contributed by atoms with Crippen molar-refractivity contribution in [1.29, 1.82) is 0 Å².